The summed E-state index contributed by atoms with van der Waals surface area (Å²) in [6.07, 6.45) is 16.4. The van der Waals surface area contributed by atoms with Crippen LogP contribution in [0.15, 0.2) is 0 Å². The Morgan fingerprint density at radius 2 is 1.26 bits per heavy atom. The topological polar surface area (TPSA) is 63.6 Å². The van der Waals surface area contributed by atoms with Crippen LogP contribution in [0.5, 0.6) is 0 Å². The van der Waals surface area contributed by atoms with Gasteiger partial charge in [0.25, 0.3) is 0 Å². The molecule has 0 radical (unpaired) electrons. The van der Waals surface area contributed by atoms with Crippen LogP contribution in [-0.4, -0.2) is 23.1 Å². The fourth-order valence-electron chi connectivity index (χ4n) is 3.45. The molecule has 1 N–H and O–H groups in total. The molecule has 160 valence electrons. The molecular weight excluding hydrogens is 340 g/mol. The van der Waals surface area contributed by atoms with Gasteiger partial charge in [-0.1, -0.05) is 72.1 Å². The van der Waals surface area contributed by atoms with Gasteiger partial charge in [-0.05, 0) is 44.9 Å². The van der Waals surface area contributed by atoms with Crippen molar-refractivity contribution in [2.45, 2.75) is 130 Å². The Kier molecular flexibility index (Phi) is 17.6. The molecule has 0 fully saturated rings. The fourth-order valence-corrected chi connectivity index (χ4v) is 3.45. The molecule has 0 aromatic carbocycles. The first kappa shape index (κ1) is 25.9. The van der Waals surface area contributed by atoms with Gasteiger partial charge in [-0.3, -0.25) is 9.59 Å². The van der Waals surface area contributed by atoms with Crippen molar-refractivity contribution in [2.24, 2.45) is 5.92 Å². The van der Waals surface area contributed by atoms with Gasteiger partial charge in [0.15, 0.2) is 0 Å². The standard InChI is InChI=1S/C23H44O4/c1-4-7-9-10-11-12-14-18-21(17-13-8-5-2)27-22(24)19-15-16-20(6-3)23(25)26/h20-21H,4-19H2,1-3H3,(H,25,26). The largest absolute Gasteiger partial charge is 0.481 e. The Morgan fingerprint density at radius 1 is 0.741 bits per heavy atom. The SMILES string of the molecule is CCCCCCCCCC(CCCCC)OC(=O)CCCC(CC)C(=O)O. The second-order valence-corrected chi connectivity index (χ2v) is 7.85. The van der Waals surface area contributed by atoms with E-state index in [1.54, 1.807) is 0 Å². The van der Waals surface area contributed by atoms with Crippen molar-refractivity contribution in [1.29, 1.82) is 0 Å². The third-order valence-corrected chi connectivity index (χ3v) is 5.33. The van der Waals surface area contributed by atoms with Crippen molar-refractivity contribution in [3.63, 3.8) is 0 Å². The zero-order valence-electron chi connectivity index (χ0n) is 18.1. The molecule has 2 unspecified atom stereocenters. The van der Waals surface area contributed by atoms with E-state index in [2.05, 4.69) is 13.8 Å². The molecule has 0 heterocycles. The van der Waals surface area contributed by atoms with E-state index in [-0.39, 0.29) is 18.0 Å². The maximum Gasteiger partial charge on any atom is 0.306 e. The van der Waals surface area contributed by atoms with Crippen molar-refractivity contribution in [2.75, 3.05) is 0 Å². The summed E-state index contributed by atoms with van der Waals surface area (Å²) in [7, 11) is 0. The summed E-state index contributed by atoms with van der Waals surface area (Å²) in [5, 5.41) is 9.08. The highest BCUT2D eigenvalue weighted by molar-refractivity contribution is 5.71. The van der Waals surface area contributed by atoms with Crippen LogP contribution in [0, 0.1) is 5.92 Å². The van der Waals surface area contributed by atoms with Crippen LogP contribution in [0.25, 0.3) is 0 Å². The molecule has 4 nitrogen and oxygen atoms in total. The van der Waals surface area contributed by atoms with E-state index in [0.717, 1.165) is 25.7 Å². The van der Waals surface area contributed by atoms with Crippen LogP contribution in [-0.2, 0) is 14.3 Å². The molecule has 0 aromatic heterocycles. The Morgan fingerprint density at radius 3 is 1.81 bits per heavy atom. The molecule has 0 aliphatic heterocycles. The number of carboxylic acids is 1. The average Bonchev–Trinajstić information content (AvgIpc) is 2.64. The number of ether oxygens (including phenoxy) is 1. The molecule has 0 spiro atoms. The minimum atomic E-state index is -0.762. The Labute approximate surface area is 167 Å². The van der Waals surface area contributed by atoms with E-state index in [4.69, 9.17) is 9.84 Å². The number of hydrogen-bond acceptors (Lipinski definition) is 3. The molecule has 0 amide bonds. The summed E-state index contributed by atoms with van der Waals surface area (Å²) in [5.41, 5.74) is 0. The fraction of sp³-hybridized carbons (Fsp3) is 0.913. The maximum absolute atomic E-state index is 12.2. The Bertz CT molecular complexity index is 367. The van der Waals surface area contributed by atoms with Gasteiger partial charge in [0.2, 0.25) is 0 Å². The molecular formula is C23H44O4. The van der Waals surface area contributed by atoms with E-state index in [1.165, 1.54) is 51.4 Å². The van der Waals surface area contributed by atoms with E-state index >= 15 is 0 Å². The van der Waals surface area contributed by atoms with Gasteiger partial charge in [-0.2, -0.15) is 0 Å². The van der Waals surface area contributed by atoms with Crippen LogP contribution >= 0.6 is 0 Å². The van der Waals surface area contributed by atoms with Crippen molar-refractivity contribution in [3.8, 4) is 0 Å². The second kappa shape index (κ2) is 18.3. The van der Waals surface area contributed by atoms with Crippen LogP contribution in [0.4, 0.5) is 0 Å². The summed E-state index contributed by atoms with van der Waals surface area (Å²) >= 11 is 0. The van der Waals surface area contributed by atoms with Crippen molar-refractivity contribution < 1.29 is 19.4 Å². The molecule has 27 heavy (non-hydrogen) atoms. The van der Waals surface area contributed by atoms with Crippen molar-refractivity contribution >= 4 is 11.9 Å². The summed E-state index contributed by atoms with van der Waals surface area (Å²) in [6, 6.07) is 0. The van der Waals surface area contributed by atoms with Crippen LogP contribution in [0.1, 0.15) is 124 Å². The molecule has 0 saturated carbocycles. The first-order valence-corrected chi connectivity index (χ1v) is 11.5. The lowest BCUT2D eigenvalue weighted by atomic mass is 9.99. The molecule has 0 aromatic rings. The molecule has 0 bridgehead atoms. The predicted octanol–water partition coefficient (Wildman–Crippen LogP) is 6.90. The molecule has 0 rings (SSSR count). The minimum absolute atomic E-state index is 0.0427. The predicted molar refractivity (Wildman–Crippen MR) is 112 cm³/mol. The third-order valence-electron chi connectivity index (χ3n) is 5.33. The zero-order chi connectivity index (χ0) is 20.3. The van der Waals surface area contributed by atoms with Gasteiger partial charge in [0, 0.05) is 6.42 Å². The Hall–Kier alpha value is -1.06. The number of aliphatic carboxylic acids is 1. The number of carbonyl (C=O) groups is 2. The van der Waals surface area contributed by atoms with Crippen LogP contribution in [0.2, 0.25) is 0 Å². The molecule has 4 heteroatoms. The maximum atomic E-state index is 12.2. The van der Waals surface area contributed by atoms with E-state index in [1.807, 2.05) is 6.92 Å². The average molecular weight is 385 g/mol. The quantitative estimate of drug-likeness (QED) is 0.194. The molecule has 0 aliphatic rings. The number of carbonyl (C=O) groups excluding carboxylic acids is 1. The van der Waals surface area contributed by atoms with Crippen LogP contribution in [0.3, 0.4) is 0 Å². The summed E-state index contributed by atoms with van der Waals surface area (Å²) in [5.74, 6) is -1.26. The lowest BCUT2D eigenvalue weighted by Crippen LogP contribution is -2.19. The van der Waals surface area contributed by atoms with Gasteiger partial charge in [0.05, 0.1) is 5.92 Å². The number of unbranched alkanes of at least 4 members (excludes halogenated alkanes) is 8. The summed E-state index contributed by atoms with van der Waals surface area (Å²) < 4.78 is 5.73. The molecule has 0 aliphatic carbocycles. The van der Waals surface area contributed by atoms with Crippen molar-refractivity contribution in [3.05, 3.63) is 0 Å². The molecule has 0 saturated heterocycles. The number of hydrogen-bond donors (Lipinski definition) is 1. The smallest absolute Gasteiger partial charge is 0.306 e. The number of carboxylic acid groups (broad SMARTS) is 1. The number of esters is 1. The third kappa shape index (κ3) is 15.7. The van der Waals surface area contributed by atoms with Crippen molar-refractivity contribution in [1.82, 2.24) is 0 Å². The second-order valence-electron chi connectivity index (χ2n) is 7.85. The monoisotopic (exact) mass is 384 g/mol. The van der Waals surface area contributed by atoms with Gasteiger partial charge >= 0.3 is 11.9 Å². The molecule has 2 atom stereocenters. The first-order chi connectivity index (χ1) is 13.0. The van der Waals surface area contributed by atoms with E-state index in [9.17, 15) is 9.59 Å². The lowest BCUT2D eigenvalue weighted by Gasteiger charge is -2.18. The summed E-state index contributed by atoms with van der Waals surface area (Å²) in [4.78, 5) is 23.2. The van der Waals surface area contributed by atoms with Gasteiger partial charge in [-0.25, -0.2) is 0 Å². The minimum Gasteiger partial charge on any atom is -0.481 e. The van der Waals surface area contributed by atoms with Gasteiger partial charge in [-0.15, -0.1) is 0 Å². The van der Waals surface area contributed by atoms with Crippen LogP contribution < -0.4 is 0 Å². The summed E-state index contributed by atoms with van der Waals surface area (Å²) in [6.45, 7) is 6.30. The Balaban J connectivity index is 4.10. The van der Waals surface area contributed by atoms with E-state index < -0.39 is 5.97 Å². The normalized spacial score (nSPS) is 13.3. The highest BCUT2D eigenvalue weighted by Crippen LogP contribution is 2.18. The lowest BCUT2D eigenvalue weighted by molar-refractivity contribution is -0.150. The first-order valence-electron chi connectivity index (χ1n) is 11.5. The van der Waals surface area contributed by atoms with Gasteiger partial charge < -0.3 is 9.84 Å². The van der Waals surface area contributed by atoms with E-state index in [0.29, 0.717) is 25.7 Å². The zero-order valence-corrected chi connectivity index (χ0v) is 18.1. The highest BCUT2D eigenvalue weighted by atomic mass is 16.5. The van der Waals surface area contributed by atoms with Gasteiger partial charge in [0.1, 0.15) is 6.10 Å². The highest BCUT2D eigenvalue weighted by Gasteiger charge is 2.17. The number of rotatable bonds is 19.